The minimum atomic E-state index is -0.229. The van der Waals surface area contributed by atoms with Crippen LogP contribution in [0.3, 0.4) is 0 Å². The lowest BCUT2D eigenvalue weighted by molar-refractivity contribution is 0.628. The fourth-order valence-electron chi connectivity index (χ4n) is 2.39. The fourth-order valence-corrected chi connectivity index (χ4v) is 2.39. The van der Waals surface area contributed by atoms with Gasteiger partial charge in [-0.25, -0.2) is 4.39 Å². The Morgan fingerprint density at radius 3 is 2.40 bits per heavy atom. The smallest absolute Gasteiger partial charge is 0.123 e. The molecule has 0 unspecified atom stereocenters. The van der Waals surface area contributed by atoms with Crippen LogP contribution < -0.4 is 5.73 Å². The van der Waals surface area contributed by atoms with E-state index in [1.165, 1.54) is 12.1 Å². The molecule has 1 heterocycles. The molecule has 100 valence electrons. The van der Waals surface area contributed by atoms with Crippen molar-refractivity contribution in [3.8, 4) is 16.9 Å². The average Bonchev–Trinajstić information content (AvgIpc) is 2.81. The Morgan fingerprint density at radius 1 is 0.950 bits per heavy atom. The number of benzene rings is 2. The van der Waals surface area contributed by atoms with Gasteiger partial charge in [0.1, 0.15) is 5.82 Å². The highest BCUT2D eigenvalue weighted by atomic mass is 19.1. The second-order valence-corrected chi connectivity index (χ2v) is 4.80. The summed E-state index contributed by atoms with van der Waals surface area (Å²) in [5.41, 5.74) is 10.7. The molecule has 0 aliphatic heterocycles. The van der Waals surface area contributed by atoms with Gasteiger partial charge in [-0.05, 0) is 67.1 Å². The Labute approximate surface area is 117 Å². The number of nitrogens with zero attached hydrogens (tertiary/aromatic N) is 1. The summed E-state index contributed by atoms with van der Waals surface area (Å²) in [6.07, 6.45) is 0. The molecule has 0 saturated carbocycles. The molecule has 2 N–H and O–H groups in total. The fraction of sp³-hybridized carbons (Fsp3) is 0.0588. The molecule has 0 atom stereocenters. The van der Waals surface area contributed by atoms with Gasteiger partial charge in [0.25, 0.3) is 0 Å². The van der Waals surface area contributed by atoms with Crippen LogP contribution in [0.4, 0.5) is 10.1 Å². The number of hydrogen-bond donors (Lipinski definition) is 1. The van der Waals surface area contributed by atoms with Crippen molar-refractivity contribution in [1.82, 2.24) is 4.57 Å². The van der Waals surface area contributed by atoms with E-state index in [9.17, 15) is 4.39 Å². The van der Waals surface area contributed by atoms with E-state index in [0.717, 1.165) is 28.3 Å². The SMILES string of the molecule is Cc1ccc(-c2ccc(F)cc2)n1-c1cccc(N)c1. The first-order valence-corrected chi connectivity index (χ1v) is 6.45. The Morgan fingerprint density at radius 2 is 1.70 bits per heavy atom. The lowest BCUT2D eigenvalue weighted by atomic mass is 10.1. The van der Waals surface area contributed by atoms with Crippen LogP contribution in [0, 0.1) is 12.7 Å². The number of aryl methyl sites for hydroxylation is 1. The molecule has 0 saturated heterocycles. The van der Waals surface area contributed by atoms with Gasteiger partial charge in [0.05, 0.1) is 5.69 Å². The highest BCUT2D eigenvalue weighted by Gasteiger charge is 2.09. The first-order chi connectivity index (χ1) is 9.65. The molecule has 3 heteroatoms. The summed E-state index contributed by atoms with van der Waals surface area (Å²) in [7, 11) is 0. The Kier molecular flexibility index (Phi) is 3.03. The molecule has 2 aromatic carbocycles. The molecule has 0 spiro atoms. The molecule has 0 fully saturated rings. The monoisotopic (exact) mass is 266 g/mol. The molecule has 0 radical (unpaired) electrons. The summed E-state index contributed by atoms with van der Waals surface area (Å²) >= 11 is 0. The van der Waals surface area contributed by atoms with Crippen LogP contribution in [0.25, 0.3) is 16.9 Å². The highest BCUT2D eigenvalue weighted by molar-refractivity contribution is 5.65. The molecule has 2 nitrogen and oxygen atoms in total. The second kappa shape index (κ2) is 4.85. The van der Waals surface area contributed by atoms with Crippen molar-refractivity contribution in [2.24, 2.45) is 0 Å². The standard InChI is InChI=1S/C17H15FN2/c1-12-5-10-17(13-6-8-14(18)9-7-13)20(12)16-4-2-3-15(19)11-16/h2-11H,19H2,1H3. The van der Waals surface area contributed by atoms with E-state index in [4.69, 9.17) is 5.73 Å². The maximum atomic E-state index is 13.1. The van der Waals surface area contributed by atoms with Crippen molar-refractivity contribution >= 4 is 5.69 Å². The first-order valence-electron chi connectivity index (χ1n) is 6.45. The zero-order chi connectivity index (χ0) is 14.1. The van der Waals surface area contributed by atoms with Crippen LogP contribution in [-0.2, 0) is 0 Å². The molecular weight excluding hydrogens is 251 g/mol. The Hall–Kier alpha value is -2.55. The van der Waals surface area contributed by atoms with Crippen molar-refractivity contribution in [2.75, 3.05) is 5.73 Å². The molecular formula is C17H15FN2. The summed E-state index contributed by atoms with van der Waals surface area (Å²) in [5, 5.41) is 0. The predicted octanol–water partition coefficient (Wildman–Crippen LogP) is 4.17. The van der Waals surface area contributed by atoms with Crippen molar-refractivity contribution in [3.05, 3.63) is 72.2 Å². The van der Waals surface area contributed by atoms with Gasteiger partial charge in [0, 0.05) is 17.1 Å². The lowest BCUT2D eigenvalue weighted by Crippen LogP contribution is -1.99. The summed E-state index contributed by atoms with van der Waals surface area (Å²) in [5.74, 6) is -0.229. The molecule has 3 aromatic rings. The highest BCUT2D eigenvalue weighted by Crippen LogP contribution is 2.27. The minimum absolute atomic E-state index is 0.229. The van der Waals surface area contributed by atoms with Crippen molar-refractivity contribution in [2.45, 2.75) is 6.92 Å². The molecule has 0 aliphatic carbocycles. The van der Waals surface area contributed by atoms with E-state index in [2.05, 4.69) is 4.57 Å². The number of hydrogen-bond acceptors (Lipinski definition) is 1. The molecule has 0 amide bonds. The van der Waals surface area contributed by atoms with E-state index in [1.54, 1.807) is 12.1 Å². The third-order valence-electron chi connectivity index (χ3n) is 3.34. The van der Waals surface area contributed by atoms with Gasteiger partial charge in [-0.2, -0.15) is 0 Å². The number of anilines is 1. The van der Waals surface area contributed by atoms with Gasteiger partial charge in [0.2, 0.25) is 0 Å². The quantitative estimate of drug-likeness (QED) is 0.693. The van der Waals surface area contributed by atoms with Crippen LogP contribution in [0.2, 0.25) is 0 Å². The maximum Gasteiger partial charge on any atom is 0.123 e. The van der Waals surface area contributed by atoms with E-state index in [-0.39, 0.29) is 5.82 Å². The molecule has 3 rings (SSSR count). The molecule has 0 bridgehead atoms. The van der Waals surface area contributed by atoms with Gasteiger partial charge in [-0.1, -0.05) is 6.07 Å². The van der Waals surface area contributed by atoms with Crippen molar-refractivity contribution in [1.29, 1.82) is 0 Å². The number of nitrogens with two attached hydrogens (primary N) is 1. The summed E-state index contributed by atoms with van der Waals surface area (Å²) in [4.78, 5) is 0. The minimum Gasteiger partial charge on any atom is -0.399 e. The van der Waals surface area contributed by atoms with Gasteiger partial charge in [0.15, 0.2) is 0 Å². The van der Waals surface area contributed by atoms with Crippen molar-refractivity contribution in [3.63, 3.8) is 0 Å². The Bertz CT molecular complexity index is 742. The lowest BCUT2D eigenvalue weighted by Gasteiger charge is -2.12. The zero-order valence-electron chi connectivity index (χ0n) is 11.2. The number of halogens is 1. The zero-order valence-corrected chi connectivity index (χ0v) is 11.2. The maximum absolute atomic E-state index is 13.1. The number of aromatic nitrogens is 1. The first kappa shape index (κ1) is 12.5. The number of nitrogen functional groups attached to an aromatic ring is 1. The van der Waals surface area contributed by atoms with Gasteiger partial charge in [-0.15, -0.1) is 0 Å². The van der Waals surface area contributed by atoms with Gasteiger partial charge in [-0.3, -0.25) is 0 Å². The predicted molar refractivity (Wildman–Crippen MR) is 80.3 cm³/mol. The molecule has 0 aliphatic rings. The topological polar surface area (TPSA) is 30.9 Å². The van der Waals surface area contributed by atoms with Crippen LogP contribution in [0.15, 0.2) is 60.7 Å². The van der Waals surface area contributed by atoms with E-state index >= 15 is 0 Å². The van der Waals surface area contributed by atoms with Crippen LogP contribution in [0.5, 0.6) is 0 Å². The largest absolute Gasteiger partial charge is 0.399 e. The van der Waals surface area contributed by atoms with E-state index in [0.29, 0.717) is 0 Å². The molecule has 20 heavy (non-hydrogen) atoms. The Balaban J connectivity index is 2.17. The normalized spacial score (nSPS) is 10.7. The summed E-state index contributed by atoms with van der Waals surface area (Å²) < 4.78 is 15.2. The third-order valence-corrected chi connectivity index (χ3v) is 3.34. The average molecular weight is 266 g/mol. The van der Waals surface area contributed by atoms with Gasteiger partial charge >= 0.3 is 0 Å². The molecule has 1 aromatic heterocycles. The van der Waals surface area contributed by atoms with Crippen LogP contribution >= 0.6 is 0 Å². The van der Waals surface area contributed by atoms with Crippen LogP contribution in [-0.4, -0.2) is 4.57 Å². The van der Waals surface area contributed by atoms with E-state index in [1.807, 2.05) is 43.3 Å². The summed E-state index contributed by atoms with van der Waals surface area (Å²) in [6, 6.07) is 18.3. The van der Waals surface area contributed by atoms with Crippen molar-refractivity contribution < 1.29 is 4.39 Å². The third kappa shape index (κ3) is 2.18. The van der Waals surface area contributed by atoms with Gasteiger partial charge < -0.3 is 10.3 Å². The number of rotatable bonds is 2. The van der Waals surface area contributed by atoms with Crippen LogP contribution in [0.1, 0.15) is 5.69 Å². The van der Waals surface area contributed by atoms with E-state index < -0.39 is 0 Å². The summed E-state index contributed by atoms with van der Waals surface area (Å²) in [6.45, 7) is 2.04. The second-order valence-electron chi connectivity index (χ2n) is 4.80.